The molecule has 0 bridgehead atoms. The number of amides is 1. The van der Waals surface area contributed by atoms with Gasteiger partial charge in [0.25, 0.3) is 5.91 Å². The van der Waals surface area contributed by atoms with E-state index in [1.54, 1.807) is 4.90 Å². The van der Waals surface area contributed by atoms with Gasteiger partial charge >= 0.3 is 5.97 Å². The maximum Gasteiger partial charge on any atom is 0.303 e. The van der Waals surface area contributed by atoms with Crippen molar-refractivity contribution in [3.63, 3.8) is 0 Å². The molecule has 9 nitrogen and oxygen atoms in total. The first-order chi connectivity index (χ1) is 16.6. The minimum Gasteiger partial charge on any atom is -0.481 e. The van der Waals surface area contributed by atoms with Crippen molar-refractivity contribution in [2.24, 2.45) is 11.3 Å². The number of carboxylic acid groups (broad SMARTS) is 1. The Hall–Kier alpha value is -3.36. The summed E-state index contributed by atoms with van der Waals surface area (Å²) in [4.78, 5) is 34.8. The summed E-state index contributed by atoms with van der Waals surface area (Å²) in [5, 5.41) is 12.2. The van der Waals surface area contributed by atoms with E-state index in [1.807, 2.05) is 12.1 Å². The summed E-state index contributed by atoms with van der Waals surface area (Å²) >= 11 is 0. The Balaban J connectivity index is 1.47. The molecule has 9 heteroatoms. The van der Waals surface area contributed by atoms with Crippen molar-refractivity contribution in [1.82, 2.24) is 9.97 Å². The number of nitrogens with one attached hydrogen (secondary N) is 1. The number of aliphatic carboxylic acids is 1. The highest BCUT2D eigenvalue weighted by Gasteiger charge is 2.30. The van der Waals surface area contributed by atoms with Crippen molar-refractivity contribution in [3.05, 3.63) is 35.4 Å². The molecule has 2 aromatic rings. The third-order valence-electron chi connectivity index (χ3n) is 6.68. The number of ether oxygens (including phenoxy) is 1. The van der Waals surface area contributed by atoms with Gasteiger partial charge in [0.2, 0.25) is 11.8 Å². The van der Waals surface area contributed by atoms with Crippen LogP contribution in [0, 0.1) is 11.3 Å². The first-order valence-electron chi connectivity index (χ1n) is 12.3. The van der Waals surface area contributed by atoms with Crippen molar-refractivity contribution < 1.29 is 19.4 Å². The number of carbonyl (C=O) groups is 2. The monoisotopic (exact) mass is 481 g/mol. The van der Waals surface area contributed by atoms with E-state index in [9.17, 15) is 9.59 Å². The average Bonchev–Trinajstić information content (AvgIpc) is 2.96. The Bertz CT molecular complexity index is 1070. The molecular formula is C26H35N5O4. The third-order valence-corrected chi connectivity index (χ3v) is 6.68. The Kier molecular flexibility index (Phi) is 7.14. The lowest BCUT2D eigenvalue weighted by Crippen LogP contribution is -2.32. The summed E-state index contributed by atoms with van der Waals surface area (Å²) in [7, 11) is 0. The van der Waals surface area contributed by atoms with Crippen molar-refractivity contribution in [2.45, 2.75) is 58.8 Å². The predicted octanol–water partition coefficient (Wildman–Crippen LogP) is 4.30. The van der Waals surface area contributed by atoms with E-state index in [4.69, 9.17) is 15.6 Å². The van der Waals surface area contributed by atoms with Crippen molar-refractivity contribution in [1.29, 1.82) is 0 Å². The highest BCUT2D eigenvalue weighted by molar-refractivity contribution is 6.10. The SMILES string of the molecule is CC(C)(C)CNc1nc(N)c2c(n1)OCCN(c1ccc(C3CCC(CC(=O)O)CC3)cc1)C2=O. The fraction of sp³-hybridized carbons (Fsp3) is 0.538. The van der Waals surface area contributed by atoms with Crippen LogP contribution in [0.25, 0.3) is 0 Å². The van der Waals surface area contributed by atoms with E-state index < -0.39 is 5.97 Å². The molecular weight excluding hydrogens is 446 g/mol. The molecule has 1 aliphatic heterocycles. The van der Waals surface area contributed by atoms with Gasteiger partial charge in [0.1, 0.15) is 18.0 Å². The number of anilines is 3. The molecule has 0 radical (unpaired) electrons. The highest BCUT2D eigenvalue weighted by Crippen LogP contribution is 2.38. The molecule has 2 heterocycles. The molecule has 188 valence electrons. The van der Waals surface area contributed by atoms with Crippen LogP contribution < -0.4 is 20.7 Å². The third kappa shape index (κ3) is 6.01. The van der Waals surface area contributed by atoms with Crippen LogP contribution in [0.5, 0.6) is 5.88 Å². The van der Waals surface area contributed by atoms with E-state index in [-0.39, 0.29) is 40.9 Å². The average molecular weight is 482 g/mol. The van der Waals surface area contributed by atoms with Gasteiger partial charge in [-0.15, -0.1) is 0 Å². The Morgan fingerprint density at radius 3 is 2.49 bits per heavy atom. The lowest BCUT2D eigenvalue weighted by Gasteiger charge is -2.28. The highest BCUT2D eigenvalue weighted by atomic mass is 16.5. The number of aromatic nitrogens is 2. The number of benzene rings is 1. The van der Waals surface area contributed by atoms with Gasteiger partial charge in [-0.05, 0) is 60.6 Å². The van der Waals surface area contributed by atoms with Crippen LogP contribution in [0.3, 0.4) is 0 Å². The fourth-order valence-electron chi connectivity index (χ4n) is 4.78. The lowest BCUT2D eigenvalue weighted by molar-refractivity contribution is -0.138. The molecule has 1 amide bonds. The number of rotatable bonds is 6. The normalized spacial score (nSPS) is 20.5. The van der Waals surface area contributed by atoms with Gasteiger partial charge < -0.3 is 25.8 Å². The molecule has 2 aliphatic rings. The van der Waals surface area contributed by atoms with Crippen LogP contribution in [0.4, 0.5) is 17.5 Å². The predicted molar refractivity (Wildman–Crippen MR) is 135 cm³/mol. The molecule has 0 atom stereocenters. The molecule has 1 aliphatic carbocycles. The zero-order chi connectivity index (χ0) is 25.2. The van der Waals surface area contributed by atoms with E-state index in [2.05, 4.69) is 48.2 Å². The summed E-state index contributed by atoms with van der Waals surface area (Å²) in [6, 6.07) is 8.05. The van der Waals surface area contributed by atoms with Crippen molar-refractivity contribution >= 4 is 29.3 Å². The number of hydrogen-bond acceptors (Lipinski definition) is 7. The van der Waals surface area contributed by atoms with Crippen LogP contribution in [-0.4, -0.2) is 46.6 Å². The van der Waals surface area contributed by atoms with Crippen LogP contribution in [0.1, 0.15) is 74.7 Å². The molecule has 1 aromatic heterocycles. The molecule has 0 unspecified atom stereocenters. The number of hydrogen-bond donors (Lipinski definition) is 3. The summed E-state index contributed by atoms with van der Waals surface area (Å²) in [5.41, 5.74) is 8.39. The van der Waals surface area contributed by atoms with Crippen LogP contribution >= 0.6 is 0 Å². The second-order valence-corrected chi connectivity index (χ2v) is 10.7. The van der Waals surface area contributed by atoms with Gasteiger partial charge in [-0.3, -0.25) is 9.59 Å². The smallest absolute Gasteiger partial charge is 0.303 e. The number of carboxylic acids is 1. The first kappa shape index (κ1) is 24.8. The van der Waals surface area contributed by atoms with Crippen LogP contribution in [0.15, 0.2) is 24.3 Å². The number of nitrogens with two attached hydrogens (primary N) is 1. The summed E-state index contributed by atoms with van der Waals surface area (Å²) < 4.78 is 5.81. The largest absolute Gasteiger partial charge is 0.481 e. The maximum absolute atomic E-state index is 13.4. The zero-order valence-electron chi connectivity index (χ0n) is 20.7. The number of nitrogens with zero attached hydrogens (tertiary/aromatic N) is 3. The minimum absolute atomic E-state index is 0.0301. The summed E-state index contributed by atoms with van der Waals surface area (Å²) in [6.45, 7) is 7.61. The Labute approximate surface area is 206 Å². The molecule has 4 N–H and O–H groups in total. The van der Waals surface area contributed by atoms with Gasteiger partial charge in [0.15, 0.2) is 0 Å². The van der Waals surface area contributed by atoms with Crippen molar-refractivity contribution in [2.75, 3.05) is 35.6 Å². The number of carbonyl (C=O) groups excluding carboxylic acids is 1. The minimum atomic E-state index is -0.714. The molecule has 1 fully saturated rings. The van der Waals surface area contributed by atoms with Crippen LogP contribution in [0.2, 0.25) is 0 Å². The molecule has 0 spiro atoms. The second kappa shape index (κ2) is 10.1. The molecule has 1 aromatic carbocycles. The fourth-order valence-corrected chi connectivity index (χ4v) is 4.78. The lowest BCUT2D eigenvalue weighted by atomic mass is 9.77. The topological polar surface area (TPSA) is 131 Å². The van der Waals surface area contributed by atoms with E-state index in [0.29, 0.717) is 31.6 Å². The second-order valence-electron chi connectivity index (χ2n) is 10.7. The van der Waals surface area contributed by atoms with Gasteiger partial charge in [0.05, 0.1) is 6.54 Å². The quantitative estimate of drug-likeness (QED) is 0.556. The van der Waals surface area contributed by atoms with E-state index >= 15 is 0 Å². The van der Waals surface area contributed by atoms with Gasteiger partial charge in [0, 0.05) is 18.7 Å². The summed E-state index contributed by atoms with van der Waals surface area (Å²) in [5.74, 6) is 0.345. The molecule has 1 saturated carbocycles. The molecule has 4 rings (SSSR count). The molecule has 35 heavy (non-hydrogen) atoms. The van der Waals surface area contributed by atoms with Crippen molar-refractivity contribution in [3.8, 4) is 5.88 Å². The van der Waals surface area contributed by atoms with E-state index in [0.717, 1.165) is 31.4 Å². The van der Waals surface area contributed by atoms with Gasteiger partial charge in [-0.2, -0.15) is 9.97 Å². The first-order valence-corrected chi connectivity index (χ1v) is 12.3. The Morgan fingerprint density at radius 1 is 1.17 bits per heavy atom. The molecule has 0 saturated heterocycles. The standard InChI is InChI=1S/C26H35N5O4/c1-26(2,3)15-28-25-29-22(27)21-23(30-25)35-13-12-31(24(21)34)19-10-8-18(9-11-19)17-6-4-16(5-7-17)14-20(32)33/h8-11,16-17H,4-7,12-15H2,1-3H3,(H,32,33)(H3,27,28,29,30). The number of nitrogen functional groups attached to an aromatic ring is 1. The number of fused-ring (bicyclic) bond motifs is 1. The van der Waals surface area contributed by atoms with Gasteiger partial charge in [-0.1, -0.05) is 32.9 Å². The van der Waals surface area contributed by atoms with E-state index in [1.165, 1.54) is 5.56 Å². The summed E-state index contributed by atoms with van der Waals surface area (Å²) in [6.07, 6.45) is 4.10. The maximum atomic E-state index is 13.4. The zero-order valence-corrected chi connectivity index (χ0v) is 20.7. The van der Waals surface area contributed by atoms with Gasteiger partial charge in [-0.25, -0.2) is 0 Å². The van der Waals surface area contributed by atoms with Crippen LogP contribution in [-0.2, 0) is 4.79 Å². The Morgan fingerprint density at radius 2 is 1.86 bits per heavy atom.